The highest BCUT2D eigenvalue weighted by atomic mass is 16.6. The van der Waals surface area contributed by atoms with E-state index in [2.05, 4.69) is 10.6 Å². The van der Waals surface area contributed by atoms with Gasteiger partial charge in [0.15, 0.2) is 0 Å². The molecule has 0 radical (unpaired) electrons. The Balaban J connectivity index is 2.52. The van der Waals surface area contributed by atoms with Crippen molar-refractivity contribution in [2.24, 2.45) is 5.73 Å². The summed E-state index contributed by atoms with van der Waals surface area (Å²) < 4.78 is 5.30. The second-order valence-corrected chi connectivity index (χ2v) is 10.0. The molecule has 0 fully saturated rings. The van der Waals surface area contributed by atoms with Gasteiger partial charge in [0.25, 0.3) is 5.91 Å². The third kappa shape index (κ3) is 8.88. The second-order valence-electron chi connectivity index (χ2n) is 10.0. The number of anilines is 1. The van der Waals surface area contributed by atoms with Crippen molar-refractivity contribution >= 4 is 29.5 Å². The molecule has 2 aromatic rings. The lowest BCUT2D eigenvalue weighted by Crippen LogP contribution is -2.53. The summed E-state index contributed by atoms with van der Waals surface area (Å²) in [5.74, 6) is -1.82. The number of aliphatic hydroxyl groups is 1. The molecule has 10 nitrogen and oxygen atoms in total. The summed E-state index contributed by atoms with van der Waals surface area (Å²) in [7, 11) is 0. The summed E-state index contributed by atoms with van der Waals surface area (Å²) in [6.45, 7) is 8.04. The molecule has 5 N–H and O–H groups in total. The standard InChI is InChI=1S/C28H38N4O6/c1-18-10-6-8-12-20(18)24(25(35)30-21-13-9-7-11-19(21)2)32(16-17-33)26(36)22(14-15-23(29)34)31-27(37)38-28(3,4)5/h6-13,22,24,33H,14-17H2,1-5H3,(H2,29,34)(H,30,35)(H,31,37). The highest BCUT2D eigenvalue weighted by Crippen LogP contribution is 2.28. The van der Waals surface area contributed by atoms with Crippen LogP contribution in [0, 0.1) is 13.8 Å². The number of aryl methyl sites for hydroxylation is 2. The number of benzene rings is 2. The van der Waals surface area contributed by atoms with Gasteiger partial charge in [-0.05, 0) is 63.8 Å². The van der Waals surface area contributed by atoms with Crippen LogP contribution in [0.3, 0.4) is 0 Å². The van der Waals surface area contributed by atoms with Crippen LogP contribution in [0.25, 0.3) is 0 Å². The highest BCUT2D eigenvalue weighted by Gasteiger charge is 2.37. The molecule has 2 atom stereocenters. The first-order valence-electron chi connectivity index (χ1n) is 12.4. The van der Waals surface area contributed by atoms with Gasteiger partial charge in [0.05, 0.1) is 6.61 Å². The zero-order valence-corrected chi connectivity index (χ0v) is 22.6. The zero-order valence-electron chi connectivity index (χ0n) is 22.6. The molecular weight excluding hydrogens is 488 g/mol. The van der Waals surface area contributed by atoms with E-state index < -0.39 is 48.1 Å². The molecule has 0 bridgehead atoms. The molecule has 0 spiro atoms. The smallest absolute Gasteiger partial charge is 0.408 e. The van der Waals surface area contributed by atoms with Crippen LogP contribution in [-0.4, -0.2) is 58.6 Å². The molecule has 4 amide bonds. The molecule has 0 aliphatic rings. The number of carbonyl (C=O) groups excluding carboxylic acids is 4. The van der Waals surface area contributed by atoms with Gasteiger partial charge < -0.3 is 31.1 Å². The Morgan fingerprint density at radius 3 is 2.16 bits per heavy atom. The van der Waals surface area contributed by atoms with Crippen LogP contribution in [0.5, 0.6) is 0 Å². The molecule has 38 heavy (non-hydrogen) atoms. The van der Waals surface area contributed by atoms with Gasteiger partial charge in [0.2, 0.25) is 11.8 Å². The van der Waals surface area contributed by atoms with E-state index in [9.17, 15) is 24.3 Å². The van der Waals surface area contributed by atoms with E-state index in [-0.39, 0.29) is 19.4 Å². The van der Waals surface area contributed by atoms with Gasteiger partial charge in [-0.2, -0.15) is 0 Å². The van der Waals surface area contributed by atoms with E-state index in [1.807, 2.05) is 38.1 Å². The number of hydrogen-bond donors (Lipinski definition) is 4. The molecule has 2 aromatic carbocycles. The minimum Gasteiger partial charge on any atom is -0.444 e. The monoisotopic (exact) mass is 526 g/mol. The van der Waals surface area contributed by atoms with Crippen LogP contribution in [-0.2, 0) is 19.1 Å². The topological polar surface area (TPSA) is 151 Å². The Labute approximate surface area is 223 Å². The molecule has 0 saturated heterocycles. The van der Waals surface area contributed by atoms with Crippen LogP contribution in [0.4, 0.5) is 10.5 Å². The first kappa shape index (κ1) is 30.3. The fraction of sp³-hybridized carbons (Fsp3) is 0.429. The van der Waals surface area contributed by atoms with Crippen LogP contribution in [0.2, 0.25) is 0 Å². The van der Waals surface area contributed by atoms with Crippen molar-refractivity contribution in [3.63, 3.8) is 0 Å². The van der Waals surface area contributed by atoms with E-state index in [0.29, 0.717) is 11.3 Å². The van der Waals surface area contributed by atoms with E-state index in [0.717, 1.165) is 11.1 Å². The average molecular weight is 527 g/mol. The van der Waals surface area contributed by atoms with Crippen molar-refractivity contribution in [1.82, 2.24) is 10.2 Å². The summed E-state index contributed by atoms with van der Waals surface area (Å²) in [4.78, 5) is 53.0. The van der Waals surface area contributed by atoms with Crippen molar-refractivity contribution in [3.05, 3.63) is 65.2 Å². The molecule has 10 heteroatoms. The van der Waals surface area contributed by atoms with E-state index in [1.54, 1.807) is 45.0 Å². The number of alkyl carbamates (subject to hydrolysis) is 1. The van der Waals surface area contributed by atoms with Crippen LogP contribution >= 0.6 is 0 Å². The Hall–Kier alpha value is -3.92. The number of nitrogens with zero attached hydrogens (tertiary/aromatic N) is 1. The Morgan fingerprint density at radius 1 is 1.00 bits per heavy atom. The molecule has 0 aliphatic heterocycles. The lowest BCUT2D eigenvalue weighted by atomic mass is 9.97. The first-order chi connectivity index (χ1) is 17.8. The van der Waals surface area contributed by atoms with Crippen molar-refractivity contribution in [3.8, 4) is 0 Å². The summed E-state index contributed by atoms with van der Waals surface area (Å²) in [5.41, 5.74) is 7.19. The predicted octanol–water partition coefficient (Wildman–Crippen LogP) is 2.96. The number of hydrogen-bond acceptors (Lipinski definition) is 6. The van der Waals surface area contributed by atoms with Gasteiger partial charge in [-0.1, -0.05) is 42.5 Å². The van der Waals surface area contributed by atoms with Gasteiger partial charge in [-0.15, -0.1) is 0 Å². The molecule has 0 aliphatic carbocycles. The number of ether oxygens (including phenoxy) is 1. The Kier molecular flexibility index (Phi) is 10.8. The molecule has 2 unspecified atom stereocenters. The Morgan fingerprint density at radius 2 is 1.61 bits per heavy atom. The zero-order chi connectivity index (χ0) is 28.5. The third-order valence-electron chi connectivity index (χ3n) is 5.74. The average Bonchev–Trinajstić information content (AvgIpc) is 2.82. The molecule has 2 rings (SSSR count). The predicted molar refractivity (Wildman–Crippen MR) is 144 cm³/mol. The van der Waals surface area contributed by atoms with Crippen LogP contribution in [0.1, 0.15) is 56.3 Å². The van der Waals surface area contributed by atoms with Crippen molar-refractivity contribution < 1.29 is 29.0 Å². The number of para-hydroxylation sites is 1. The normalized spacial score (nSPS) is 12.7. The lowest BCUT2D eigenvalue weighted by Gasteiger charge is -2.34. The van der Waals surface area contributed by atoms with Crippen LogP contribution in [0.15, 0.2) is 48.5 Å². The molecule has 0 saturated carbocycles. The van der Waals surface area contributed by atoms with Gasteiger partial charge in [0, 0.05) is 18.7 Å². The van der Waals surface area contributed by atoms with E-state index in [4.69, 9.17) is 10.5 Å². The second kappa shape index (κ2) is 13.6. The molecule has 0 aromatic heterocycles. The SMILES string of the molecule is Cc1ccccc1NC(=O)C(c1ccccc1C)N(CCO)C(=O)C(CCC(N)=O)NC(=O)OC(C)(C)C. The summed E-state index contributed by atoms with van der Waals surface area (Å²) >= 11 is 0. The molecule has 206 valence electrons. The number of nitrogens with two attached hydrogens (primary N) is 1. The lowest BCUT2D eigenvalue weighted by molar-refractivity contribution is -0.141. The fourth-order valence-corrected chi connectivity index (χ4v) is 3.93. The first-order valence-corrected chi connectivity index (χ1v) is 12.4. The van der Waals surface area contributed by atoms with E-state index in [1.165, 1.54) is 4.90 Å². The third-order valence-corrected chi connectivity index (χ3v) is 5.74. The summed E-state index contributed by atoms with van der Waals surface area (Å²) in [5, 5.41) is 15.3. The molecule has 0 heterocycles. The van der Waals surface area contributed by atoms with Gasteiger partial charge in [0.1, 0.15) is 17.7 Å². The van der Waals surface area contributed by atoms with Gasteiger partial charge >= 0.3 is 6.09 Å². The van der Waals surface area contributed by atoms with Gasteiger partial charge in [-0.25, -0.2) is 4.79 Å². The maximum atomic E-state index is 13.9. The maximum Gasteiger partial charge on any atom is 0.408 e. The number of carbonyl (C=O) groups is 4. The number of amides is 4. The Bertz CT molecular complexity index is 1140. The van der Waals surface area contributed by atoms with Crippen LogP contribution < -0.4 is 16.4 Å². The van der Waals surface area contributed by atoms with E-state index >= 15 is 0 Å². The van der Waals surface area contributed by atoms with Gasteiger partial charge in [-0.3, -0.25) is 14.4 Å². The summed E-state index contributed by atoms with van der Waals surface area (Å²) in [6, 6.07) is 12.0. The number of primary amides is 1. The number of nitrogens with one attached hydrogen (secondary N) is 2. The van der Waals surface area contributed by atoms with Crippen molar-refractivity contribution in [2.75, 3.05) is 18.5 Å². The fourth-order valence-electron chi connectivity index (χ4n) is 3.93. The number of aliphatic hydroxyl groups excluding tert-OH is 1. The summed E-state index contributed by atoms with van der Waals surface area (Å²) in [6.07, 6.45) is -1.17. The van der Waals surface area contributed by atoms with Crippen molar-refractivity contribution in [1.29, 1.82) is 0 Å². The minimum atomic E-state index is -1.23. The van der Waals surface area contributed by atoms with Crippen molar-refractivity contribution in [2.45, 2.75) is 65.1 Å². The minimum absolute atomic E-state index is 0.116. The maximum absolute atomic E-state index is 13.9. The molecular formula is C28H38N4O6. The largest absolute Gasteiger partial charge is 0.444 e. The quantitative estimate of drug-likeness (QED) is 0.353. The number of rotatable bonds is 11. The highest BCUT2D eigenvalue weighted by molar-refractivity contribution is 5.99.